The molecule has 16 heavy (non-hydrogen) atoms. The predicted molar refractivity (Wildman–Crippen MR) is 65.5 cm³/mol. The number of hydrogen-bond acceptors (Lipinski definition) is 2. The summed E-state index contributed by atoms with van der Waals surface area (Å²) in [5.74, 6) is 0.993. The molecule has 0 fully saturated rings. The van der Waals surface area contributed by atoms with Gasteiger partial charge in [0.2, 0.25) is 0 Å². The van der Waals surface area contributed by atoms with Crippen LogP contribution in [0.1, 0.15) is 26.7 Å². The number of methoxy groups -OCH3 is 1. The molecule has 0 amide bonds. The molecule has 0 saturated carbocycles. The van der Waals surface area contributed by atoms with Gasteiger partial charge >= 0.3 is 0 Å². The average molecular weight is 225 g/mol. The van der Waals surface area contributed by atoms with Gasteiger partial charge in [-0.15, -0.1) is 0 Å². The SMILES string of the molecule is CCCC(C)CNc1cc(OC)ccc1F. The minimum atomic E-state index is -0.232. The summed E-state index contributed by atoms with van der Waals surface area (Å²) < 4.78 is 18.5. The zero-order chi connectivity index (χ0) is 12.0. The van der Waals surface area contributed by atoms with E-state index in [9.17, 15) is 4.39 Å². The third-order valence-corrected chi connectivity index (χ3v) is 2.60. The van der Waals surface area contributed by atoms with Gasteiger partial charge in [0.05, 0.1) is 12.8 Å². The van der Waals surface area contributed by atoms with Crippen molar-refractivity contribution >= 4 is 5.69 Å². The number of benzene rings is 1. The van der Waals surface area contributed by atoms with Crippen LogP contribution in [0.5, 0.6) is 5.75 Å². The highest BCUT2D eigenvalue weighted by Crippen LogP contribution is 2.21. The summed E-state index contributed by atoms with van der Waals surface area (Å²) in [6.07, 6.45) is 2.31. The summed E-state index contributed by atoms with van der Waals surface area (Å²) in [6, 6.07) is 4.73. The number of anilines is 1. The smallest absolute Gasteiger partial charge is 0.146 e. The summed E-state index contributed by atoms with van der Waals surface area (Å²) in [5.41, 5.74) is 0.516. The van der Waals surface area contributed by atoms with Crippen molar-refractivity contribution in [2.75, 3.05) is 19.0 Å². The Kier molecular flexibility index (Phi) is 5.09. The molecule has 0 aliphatic carbocycles. The number of hydrogen-bond donors (Lipinski definition) is 1. The van der Waals surface area contributed by atoms with E-state index < -0.39 is 0 Å². The van der Waals surface area contributed by atoms with Gasteiger partial charge in [-0.1, -0.05) is 20.3 Å². The van der Waals surface area contributed by atoms with E-state index in [1.54, 1.807) is 19.2 Å². The monoisotopic (exact) mass is 225 g/mol. The fourth-order valence-corrected chi connectivity index (χ4v) is 1.65. The summed E-state index contributed by atoms with van der Waals surface area (Å²) in [4.78, 5) is 0. The molecule has 90 valence electrons. The molecule has 0 aliphatic rings. The Hall–Kier alpha value is -1.25. The standard InChI is InChI=1S/C13H20FNO/c1-4-5-10(2)9-15-13-8-11(16-3)6-7-12(13)14/h6-8,10,15H,4-5,9H2,1-3H3. The summed E-state index contributed by atoms with van der Waals surface area (Å²) in [7, 11) is 1.58. The molecule has 0 saturated heterocycles. The molecular weight excluding hydrogens is 205 g/mol. The minimum Gasteiger partial charge on any atom is -0.497 e. The first kappa shape index (κ1) is 12.8. The van der Waals surface area contributed by atoms with Crippen LogP contribution >= 0.6 is 0 Å². The first-order valence-electron chi connectivity index (χ1n) is 5.74. The van der Waals surface area contributed by atoms with Crippen molar-refractivity contribution in [3.05, 3.63) is 24.0 Å². The van der Waals surface area contributed by atoms with Crippen LogP contribution in [0.3, 0.4) is 0 Å². The van der Waals surface area contributed by atoms with Crippen LogP contribution < -0.4 is 10.1 Å². The van der Waals surface area contributed by atoms with Gasteiger partial charge in [-0.05, 0) is 24.5 Å². The molecule has 0 radical (unpaired) electrons. The molecular formula is C13H20FNO. The highest BCUT2D eigenvalue weighted by atomic mass is 19.1. The van der Waals surface area contributed by atoms with E-state index in [2.05, 4.69) is 19.2 Å². The molecule has 0 aromatic heterocycles. The Bertz CT molecular complexity index is 328. The van der Waals surface area contributed by atoms with E-state index >= 15 is 0 Å². The van der Waals surface area contributed by atoms with Gasteiger partial charge in [0, 0.05) is 12.6 Å². The zero-order valence-corrected chi connectivity index (χ0v) is 10.2. The van der Waals surface area contributed by atoms with Gasteiger partial charge in [0.1, 0.15) is 11.6 Å². The van der Waals surface area contributed by atoms with Crippen molar-refractivity contribution < 1.29 is 9.13 Å². The van der Waals surface area contributed by atoms with E-state index in [0.717, 1.165) is 19.4 Å². The highest BCUT2D eigenvalue weighted by molar-refractivity contribution is 5.49. The van der Waals surface area contributed by atoms with Gasteiger partial charge in [0.25, 0.3) is 0 Å². The Morgan fingerprint density at radius 1 is 1.44 bits per heavy atom. The maximum Gasteiger partial charge on any atom is 0.146 e. The maximum absolute atomic E-state index is 13.4. The predicted octanol–water partition coefficient (Wildman–Crippen LogP) is 3.68. The number of rotatable bonds is 6. The van der Waals surface area contributed by atoms with Crippen LogP contribution in [-0.4, -0.2) is 13.7 Å². The molecule has 1 N–H and O–H groups in total. The summed E-state index contributed by atoms with van der Waals surface area (Å²) in [6.45, 7) is 5.11. The minimum absolute atomic E-state index is 0.232. The summed E-state index contributed by atoms with van der Waals surface area (Å²) >= 11 is 0. The average Bonchev–Trinajstić information content (AvgIpc) is 2.28. The molecule has 1 aromatic rings. The van der Waals surface area contributed by atoms with E-state index in [0.29, 0.717) is 17.4 Å². The molecule has 3 heteroatoms. The maximum atomic E-state index is 13.4. The van der Waals surface area contributed by atoms with Crippen molar-refractivity contribution in [2.24, 2.45) is 5.92 Å². The molecule has 1 aromatic carbocycles. The second-order valence-electron chi connectivity index (χ2n) is 4.12. The van der Waals surface area contributed by atoms with Gasteiger partial charge in [-0.3, -0.25) is 0 Å². The van der Waals surface area contributed by atoms with Crippen molar-refractivity contribution in [1.29, 1.82) is 0 Å². The van der Waals surface area contributed by atoms with Gasteiger partial charge < -0.3 is 10.1 Å². The largest absolute Gasteiger partial charge is 0.497 e. The Labute approximate surface area is 96.8 Å². The fraction of sp³-hybridized carbons (Fsp3) is 0.538. The first-order chi connectivity index (χ1) is 7.67. The number of halogens is 1. The van der Waals surface area contributed by atoms with E-state index in [1.807, 2.05) is 0 Å². The van der Waals surface area contributed by atoms with E-state index in [-0.39, 0.29) is 5.82 Å². The van der Waals surface area contributed by atoms with Gasteiger partial charge in [-0.25, -0.2) is 4.39 Å². The van der Waals surface area contributed by atoms with Crippen LogP contribution in [0.25, 0.3) is 0 Å². The lowest BCUT2D eigenvalue weighted by Gasteiger charge is -2.13. The Balaban J connectivity index is 2.58. The fourth-order valence-electron chi connectivity index (χ4n) is 1.65. The lowest BCUT2D eigenvalue weighted by molar-refractivity contribution is 0.414. The number of nitrogens with one attached hydrogen (secondary N) is 1. The van der Waals surface area contributed by atoms with Crippen molar-refractivity contribution in [2.45, 2.75) is 26.7 Å². The lowest BCUT2D eigenvalue weighted by atomic mass is 10.1. The molecule has 0 spiro atoms. The Morgan fingerprint density at radius 2 is 2.19 bits per heavy atom. The highest BCUT2D eigenvalue weighted by Gasteiger charge is 2.05. The molecule has 2 nitrogen and oxygen atoms in total. The Morgan fingerprint density at radius 3 is 2.81 bits per heavy atom. The van der Waals surface area contributed by atoms with Crippen LogP contribution in [0.4, 0.5) is 10.1 Å². The van der Waals surface area contributed by atoms with Gasteiger partial charge in [-0.2, -0.15) is 0 Å². The quantitative estimate of drug-likeness (QED) is 0.797. The third-order valence-electron chi connectivity index (χ3n) is 2.60. The van der Waals surface area contributed by atoms with Crippen molar-refractivity contribution in [3.8, 4) is 5.75 Å². The summed E-state index contributed by atoms with van der Waals surface area (Å²) in [5, 5.41) is 3.12. The van der Waals surface area contributed by atoms with E-state index in [1.165, 1.54) is 6.07 Å². The van der Waals surface area contributed by atoms with Crippen LogP contribution in [-0.2, 0) is 0 Å². The second-order valence-corrected chi connectivity index (χ2v) is 4.12. The van der Waals surface area contributed by atoms with Crippen LogP contribution in [0.2, 0.25) is 0 Å². The normalized spacial score (nSPS) is 12.2. The molecule has 1 atom stereocenters. The molecule has 0 heterocycles. The molecule has 0 bridgehead atoms. The van der Waals surface area contributed by atoms with Crippen molar-refractivity contribution in [3.63, 3.8) is 0 Å². The molecule has 0 aliphatic heterocycles. The molecule has 1 unspecified atom stereocenters. The van der Waals surface area contributed by atoms with Crippen LogP contribution in [0.15, 0.2) is 18.2 Å². The second kappa shape index (κ2) is 6.36. The molecule has 1 rings (SSSR count). The third kappa shape index (κ3) is 3.72. The van der Waals surface area contributed by atoms with Crippen LogP contribution in [0, 0.1) is 11.7 Å². The topological polar surface area (TPSA) is 21.3 Å². The van der Waals surface area contributed by atoms with E-state index in [4.69, 9.17) is 4.74 Å². The first-order valence-corrected chi connectivity index (χ1v) is 5.74. The zero-order valence-electron chi connectivity index (χ0n) is 10.2. The number of ether oxygens (including phenoxy) is 1. The van der Waals surface area contributed by atoms with Gasteiger partial charge in [0.15, 0.2) is 0 Å². The lowest BCUT2D eigenvalue weighted by Crippen LogP contribution is -2.12. The van der Waals surface area contributed by atoms with Crippen molar-refractivity contribution in [1.82, 2.24) is 0 Å².